The average molecular weight is 411 g/mol. The third-order valence-corrected chi connectivity index (χ3v) is 5.08. The van der Waals surface area contributed by atoms with Crippen molar-refractivity contribution >= 4 is 23.7 Å². The van der Waals surface area contributed by atoms with Crippen molar-refractivity contribution in [3.05, 3.63) is 75.6 Å². The predicted octanol–water partition coefficient (Wildman–Crippen LogP) is 3.69. The van der Waals surface area contributed by atoms with E-state index in [-0.39, 0.29) is 12.7 Å². The fourth-order valence-electron chi connectivity index (χ4n) is 3.10. The number of hydrogen-bond donors (Lipinski definition) is 1. The van der Waals surface area contributed by atoms with Gasteiger partial charge in [-0.15, -0.1) is 0 Å². The fourth-order valence-corrected chi connectivity index (χ4v) is 3.29. The van der Waals surface area contributed by atoms with Gasteiger partial charge in [0.2, 0.25) is 6.79 Å². The maximum Gasteiger partial charge on any atom is 0.271 e. The lowest BCUT2D eigenvalue weighted by Crippen LogP contribution is -2.17. The zero-order valence-electron chi connectivity index (χ0n) is 16.0. The van der Waals surface area contributed by atoms with Gasteiger partial charge >= 0.3 is 0 Å². The lowest BCUT2D eigenvalue weighted by atomic mass is 10.2. The molecule has 7 nitrogen and oxygen atoms in total. The van der Waals surface area contributed by atoms with Gasteiger partial charge in [0, 0.05) is 21.8 Å². The first-order valence-corrected chi connectivity index (χ1v) is 9.41. The molecule has 1 aliphatic rings. The van der Waals surface area contributed by atoms with Crippen molar-refractivity contribution in [2.24, 2.45) is 5.10 Å². The standard InChI is InChI=1S/C21H19ClN4O3/c1-13-17(14(2)26(25-13)11-16-5-3-4-6-18(16)22)10-23-24-21(27)15-7-8-19-20(9-15)29-12-28-19/h3-10H,11-12H2,1-2H3,(H,24,27)/b23-10-. The van der Waals surface area contributed by atoms with Crippen LogP contribution in [0.2, 0.25) is 5.02 Å². The number of nitrogens with one attached hydrogen (secondary N) is 1. The van der Waals surface area contributed by atoms with E-state index in [0.29, 0.717) is 28.6 Å². The Hall–Kier alpha value is -3.32. The number of rotatable bonds is 5. The molecule has 2 heterocycles. The summed E-state index contributed by atoms with van der Waals surface area (Å²) in [5.41, 5.74) is 6.56. The summed E-state index contributed by atoms with van der Waals surface area (Å²) in [5, 5.41) is 9.36. The molecule has 0 fully saturated rings. The molecule has 0 saturated carbocycles. The predicted molar refractivity (Wildman–Crippen MR) is 110 cm³/mol. The first-order valence-electron chi connectivity index (χ1n) is 9.03. The molecule has 0 saturated heterocycles. The topological polar surface area (TPSA) is 77.7 Å². The third kappa shape index (κ3) is 3.95. The van der Waals surface area contributed by atoms with Gasteiger partial charge in [-0.1, -0.05) is 29.8 Å². The minimum atomic E-state index is -0.335. The molecule has 0 radical (unpaired) electrons. The maximum absolute atomic E-state index is 12.3. The van der Waals surface area contributed by atoms with Crippen molar-refractivity contribution in [2.45, 2.75) is 20.4 Å². The Labute approximate surface area is 172 Å². The number of halogens is 1. The van der Waals surface area contributed by atoms with Crippen LogP contribution in [-0.4, -0.2) is 28.7 Å². The largest absolute Gasteiger partial charge is 0.454 e. The summed E-state index contributed by atoms with van der Waals surface area (Å²) in [4.78, 5) is 12.3. The average Bonchev–Trinajstić information content (AvgIpc) is 3.28. The minimum Gasteiger partial charge on any atom is -0.454 e. The smallest absolute Gasteiger partial charge is 0.271 e. The van der Waals surface area contributed by atoms with Crippen LogP contribution in [-0.2, 0) is 6.54 Å². The number of aromatic nitrogens is 2. The van der Waals surface area contributed by atoms with Gasteiger partial charge in [0.05, 0.1) is 18.5 Å². The van der Waals surface area contributed by atoms with Crippen molar-refractivity contribution in [3.8, 4) is 11.5 Å². The molecule has 148 valence electrons. The van der Waals surface area contributed by atoms with Crippen LogP contribution in [0.3, 0.4) is 0 Å². The molecule has 29 heavy (non-hydrogen) atoms. The molecule has 0 atom stereocenters. The molecule has 0 spiro atoms. The highest BCUT2D eigenvalue weighted by atomic mass is 35.5. The second kappa shape index (κ2) is 7.97. The normalized spacial score (nSPS) is 12.5. The zero-order valence-corrected chi connectivity index (χ0v) is 16.7. The van der Waals surface area contributed by atoms with Gasteiger partial charge in [0.25, 0.3) is 5.91 Å². The van der Waals surface area contributed by atoms with E-state index in [2.05, 4.69) is 15.6 Å². The van der Waals surface area contributed by atoms with Gasteiger partial charge in [-0.25, -0.2) is 5.43 Å². The first kappa shape index (κ1) is 19.0. The summed E-state index contributed by atoms with van der Waals surface area (Å²) in [5.74, 6) is 0.842. The number of benzene rings is 2. The Morgan fingerprint density at radius 1 is 1.24 bits per heavy atom. The fraction of sp³-hybridized carbons (Fsp3) is 0.190. The number of aryl methyl sites for hydroxylation is 1. The highest BCUT2D eigenvalue weighted by Crippen LogP contribution is 2.32. The zero-order chi connectivity index (χ0) is 20.4. The van der Waals surface area contributed by atoms with E-state index in [1.54, 1.807) is 24.4 Å². The molecule has 1 amide bonds. The lowest BCUT2D eigenvalue weighted by Gasteiger charge is -2.06. The minimum absolute atomic E-state index is 0.162. The van der Waals surface area contributed by atoms with Crippen molar-refractivity contribution in [1.82, 2.24) is 15.2 Å². The van der Waals surface area contributed by atoms with E-state index in [9.17, 15) is 4.79 Å². The number of carbonyl (C=O) groups excluding carboxylic acids is 1. The number of hydrogen-bond acceptors (Lipinski definition) is 5. The van der Waals surface area contributed by atoms with Crippen LogP contribution in [0.15, 0.2) is 47.6 Å². The van der Waals surface area contributed by atoms with E-state index >= 15 is 0 Å². The number of hydrazone groups is 1. The number of carbonyl (C=O) groups is 1. The number of amides is 1. The quantitative estimate of drug-likeness (QED) is 0.514. The number of ether oxygens (including phenoxy) is 2. The lowest BCUT2D eigenvalue weighted by molar-refractivity contribution is 0.0954. The van der Waals surface area contributed by atoms with Crippen molar-refractivity contribution in [3.63, 3.8) is 0 Å². The highest BCUT2D eigenvalue weighted by Gasteiger charge is 2.16. The summed E-state index contributed by atoms with van der Waals surface area (Å²) >= 11 is 6.25. The van der Waals surface area contributed by atoms with Crippen LogP contribution >= 0.6 is 11.6 Å². The van der Waals surface area contributed by atoms with Crippen molar-refractivity contribution in [1.29, 1.82) is 0 Å². The molecule has 8 heteroatoms. The van der Waals surface area contributed by atoms with Crippen LogP contribution in [0.4, 0.5) is 0 Å². The van der Waals surface area contributed by atoms with Gasteiger partial charge in [0.15, 0.2) is 11.5 Å². The number of nitrogens with zero attached hydrogens (tertiary/aromatic N) is 3. The van der Waals surface area contributed by atoms with Gasteiger partial charge in [0.1, 0.15) is 0 Å². The maximum atomic E-state index is 12.3. The molecular weight excluding hydrogens is 392 g/mol. The molecular formula is C21H19ClN4O3. The molecule has 0 unspecified atom stereocenters. The SMILES string of the molecule is Cc1nn(Cc2ccccc2Cl)c(C)c1/C=N\NC(=O)c1ccc2c(c1)OCO2. The summed E-state index contributed by atoms with van der Waals surface area (Å²) in [6, 6.07) is 12.7. The van der Waals surface area contributed by atoms with E-state index in [0.717, 1.165) is 22.5 Å². The number of fused-ring (bicyclic) bond motifs is 1. The highest BCUT2D eigenvalue weighted by molar-refractivity contribution is 6.31. The van der Waals surface area contributed by atoms with E-state index in [1.807, 2.05) is 42.8 Å². The molecule has 0 aliphatic carbocycles. The molecule has 3 aromatic rings. The summed E-state index contributed by atoms with van der Waals surface area (Å²) in [7, 11) is 0. The Bertz CT molecular complexity index is 1110. The van der Waals surface area contributed by atoms with Gasteiger partial charge in [-0.05, 0) is 43.7 Å². The first-order chi connectivity index (χ1) is 14.0. The second-order valence-electron chi connectivity index (χ2n) is 6.60. The molecule has 2 aromatic carbocycles. The van der Waals surface area contributed by atoms with Crippen LogP contribution in [0.1, 0.15) is 32.9 Å². The summed E-state index contributed by atoms with van der Waals surface area (Å²) in [6.07, 6.45) is 1.60. The molecule has 0 bridgehead atoms. The Kier molecular flexibility index (Phi) is 5.22. The van der Waals surface area contributed by atoms with Gasteiger partial charge in [-0.2, -0.15) is 10.2 Å². The molecule has 1 aromatic heterocycles. The molecule has 4 rings (SSSR count). The van der Waals surface area contributed by atoms with E-state index < -0.39 is 0 Å². The Balaban J connectivity index is 1.46. The Morgan fingerprint density at radius 3 is 2.86 bits per heavy atom. The third-order valence-electron chi connectivity index (χ3n) is 4.71. The second-order valence-corrected chi connectivity index (χ2v) is 7.01. The molecule has 1 aliphatic heterocycles. The van der Waals surface area contributed by atoms with E-state index in [4.69, 9.17) is 21.1 Å². The van der Waals surface area contributed by atoms with Crippen LogP contribution in [0, 0.1) is 13.8 Å². The van der Waals surface area contributed by atoms with Crippen molar-refractivity contribution < 1.29 is 14.3 Å². The van der Waals surface area contributed by atoms with Gasteiger partial charge in [-0.3, -0.25) is 9.48 Å². The Morgan fingerprint density at radius 2 is 2.03 bits per heavy atom. The monoisotopic (exact) mass is 410 g/mol. The van der Waals surface area contributed by atoms with Crippen LogP contribution < -0.4 is 14.9 Å². The van der Waals surface area contributed by atoms with Crippen LogP contribution in [0.5, 0.6) is 11.5 Å². The van der Waals surface area contributed by atoms with Crippen LogP contribution in [0.25, 0.3) is 0 Å². The van der Waals surface area contributed by atoms with Gasteiger partial charge < -0.3 is 9.47 Å². The summed E-state index contributed by atoms with van der Waals surface area (Å²) < 4.78 is 12.4. The van der Waals surface area contributed by atoms with Crippen molar-refractivity contribution in [2.75, 3.05) is 6.79 Å². The molecule has 1 N–H and O–H groups in total. The summed E-state index contributed by atoms with van der Waals surface area (Å²) in [6.45, 7) is 4.58. The van der Waals surface area contributed by atoms with E-state index in [1.165, 1.54) is 0 Å².